The van der Waals surface area contributed by atoms with Gasteiger partial charge in [-0.15, -0.1) is 0 Å². The largest absolute Gasteiger partial charge is 0.496 e. The Morgan fingerprint density at radius 2 is 2.20 bits per heavy atom. The summed E-state index contributed by atoms with van der Waals surface area (Å²) in [5, 5.41) is 3.49. The number of nitrogens with one attached hydrogen (secondary N) is 1. The van der Waals surface area contributed by atoms with Crippen molar-refractivity contribution in [2.75, 3.05) is 13.7 Å². The van der Waals surface area contributed by atoms with Crippen LogP contribution in [-0.4, -0.2) is 23.2 Å². The second kappa shape index (κ2) is 6.09. The fraction of sp³-hybridized carbons (Fsp3) is 0.438. The molecule has 0 atom stereocenters. The van der Waals surface area contributed by atoms with Crippen LogP contribution in [0.1, 0.15) is 30.1 Å². The molecule has 1 aliphatic rings. The lowest BCUT2D eigenvalue weighted by atomic mass is 10.1. The van der Waals surface area contributed by atoms with Crippen molar-refractivity contribution >= 4 is 0 Å². The molecule has 1 fully saturated rings. The minimum absolute atomic E-state index is 0.698. The number of methoxy groups -OCH3 is 1. The highest BCUT2D eigenvalue weighted by molar-refractivity contribution is 5.33. The van der Waals surface area contributed by atoms with E-state index in [0.29, 0.717) is 6.04 Å². The molecule has 3 rings (SSSR count). The van der Waals surface area contributed by atoms with Crippen LogP contribution >= 0.6 is 0 Å². The zero-order chi connectivity index (χ0) is 13.8. The first-order valence-electron chi connectivity index (χ1n) is 7.22. The Balaban J connectivity index is 1.49. The van der Waals surface area contributed by atoms with Crippen LogP contribution in [-0.2, 0) is 13.0 Å². The van der Waals surface area contributed by atoms with Crippen LogP contribution in [0.2, 0.25) is 0 Å². The van der Waals surface area contributed by atoms with E-state index in [0.717, 1.165) is 25.3 Å². The van der Waals surface area contributed by atoms with Crippen molar-refractivity contribution in [1.82, 2.24) is 14.9 Å². The molecule has 0 unspecified atom stereocenters. The van der Waals surface area contributed by atoms with Crippen molar-refractivity contribution in [3.05, 3.63) is 48.0 Å². The van der Waals surface area contributed by atoms with Gasteiger partial charge in [0.05, 0.1) is 19.1 Å². The normalized spacial score (nSPS) is 14.4. The lowest BCUT2D eigenvalue weighted by molar-refractivity contribution is 0.409. The average molecular weight is 271 g/mol. The first-order valence-corrected chi connectivity index (χ1v) is 7.22. The molecule has 2 aromatic rings. The smallest absolute Gasteiger partial charge is 0.122 e. The predicted molar refractivity (Wildman–Crippen MR) is 78.9 cm³/mol. The van der Waals surface area contributed by atoms with E-state index >= 15 is 0 Å². The summed E-state index contributed by atoms with van der Waals surface area (Å²) >= 11 is 0. The van der Waals surface area contributed by atoms with E-state index in [9.17, 15) is 0 Å². The van der Waals surface area contributed by atoms with Crippen molar-refractivity contribution in [3.63, 3.8) is 0 Å². The Morgan fingerprint density at radius 1 is 1.35 bits per heavy atom. The van der Waals surface area contributed by atoms with Crippen molar-refractivity contribution in [2.45, 2.75) is 31.8 Å². The van der Waals surface area contributed by atoms with Gasteiger partial charge in [0.2, 0.25) is 0 Å². The van der Waals surface area contributed by atoms with Crippen LogP contribution in [0.15, 0.2) is 36.8 Å². The number of benzene rings is 1. The maximum Gasteiger partial charge on any atom is 0.122 e. The van der Waals surface area contributed by atoms with Gasteiger partial charge in [-0.2, -0.15) is 0 Å². The van der Waals surface area contributed by atoms with Gasteiger partial charge in [-0.1, -0.05) is 18.2 Å². The van der Waals surface area contributed by atoms with Crippen LogP contribution in [0, 0.1) is 0 Å². The van der Waals surface area contributed by atoms with Crippen LogP contribution in [0.4, 0.5) is 0 Å². The highest BCUT2D eigenvalue weighted by atomic mass is 16.5. The van der Waals surface area contributed by atoms with E-state index in [-0.39, 0.29) is 0 Å². The number of hydrogen-bond acceptors (Lipinski definition) is 3. The Bertz CT molecular complexity index is 560. The summed E-state index contributed by atoms with van der Waals surface area (Å²) in [5.41, 5.74) is 2.53. The number of aromatic nitrogens is 2. The highest BCUT2D eigenvalue weighted by Crippen LogP contribution is 2.35. The standard InChI is InChI=1S/C16H21N3O/c1-20-16-5-3-2-4-13(16)8-9-17-10-15-11-18-12-19(15)14-6-7-14/h2-5,11-12,14,17H,6-10H2,1H3. The summed E-state index contributed by atoms with van der Waals surface area (Å²) in [6.07, 6.45) is 7.49. The van der Waals surface area contributed by atoms with Crippen LogP contribution in [0.25, 0.3) is 0 Å². The molecule has 1 aliphatic carbocycles. The molecule has 1 saturated carbocycles. The van der Waals surface area contributed by atoms with Gasteiger partial charge in [0, 0.05) is 18.8 Å². The summed E-state index contributed by atoms with van der Waals surface area (Å²) in [4.78, 5) is 4.25. The van der Waals surface area contributed by atoms with Crippen molar-refractivity contribution < 1.29 is 4.74 Å². The first-order chi connectivity index (χ1) is 9.88. The molecule has 1 heterocycles. The molecule has 106 valence electrons. The van der Waals surface area contributed by atoms with Gasteiger partial charge in [0.1, 0.15) is 5.75 Å². The SMILES string of the molecule is COc1ccccc1CCNCc1cncn1C1CC1. The Labute approximate surface area is 119 Å². The molecule has 1 N–H and O–H groups in total. The van der Waals surface area contributed by atoms with Gasteiger partial charge in [-0.25, -0.2) is 4.98 Å². The number of para-hydroxylation sites is 1. The van der Waals surface area contributed by atoms with Crippen LogP contribution in [0.3, 0.4) is 0 Å². The number of nitrogens with zero attached hydrogens (tertiary/aromatic N) is 2. The quantitative estimate of drug-likeness (QED) is 0.787. The summed E-state index contributed by atoms with van der Waals surface area (Å²) in [6, 6.07) is 8.89. The molecule has 20 heavy (non-hydrogen) atoms. The molecule has 0 bridgehead atoms. The number of ether oxygens (including phenoxy) is 1. The molecule has 4 heteroatoms. The number of rotatable bonds is 7. The van der Waals surface area contributed by atoms with Gasteiger partial charge in [-0.05, 0) is 37.4 Å². The second-order valence-electron chi connectivity index (χ2n) is 5.26. The summed E-state index contributed by atoms with van der Waals surface area (Å²) in [7, 11) is 1.72. The molecule has 0 saturated heterocycles. The molecular weight excluding hydrogens is 250 g/mol. The minimum Gasteiger partial charge on any atom is -0.496 e. The fourth-order valence-electron chi connectivity index (χ4n) is 2.50. The van der Waals surface area contributed by atoms with Gasteiger partial charge in [-0.3, -0.25) is 0 Å². The maximum atomic E-state index is 5.37. The van der Waals surface area contributed by atoms with E-state index in [1.165, 1.54) is 24.1 Å². The molecule has 4 nitrogen and oxygen atoms in total. The molecular formula is C16H21N3O. The lowest BCUT2D eigenvalue weighted by Crippen LogP contribution is -2.18. The first kappa shape index (κ1) is 13.2. The van der Waals surface area contributed by atoms with Gasteiger partial charge < -0.3 is 14.6 Å². The monoisotopic (exact) mass is 271 g/mol. The zero-order valence-corrected chi connectivity index (χ0v) is 11.9. The lowest BCUT2D eigenvalue weighted by Gasteiger charge is -2.10. The fourth-order valence-corrected chi connectivity index (χ4v) is 2.50. The van der Waals surface area contributed by atoms with Crippen molar-refractivity contribution in [3.8, 4) is 5.75 Å². The molecule has 1 aromatic heterocycles. The minimum atomic E-state index is 0.698. The molecule has 0 radical (unpaired) electrons. The topological polar surface area (TPSA) is 39.1 Å². The van der Waals surface area contributed by atoms with Gasteiger partial charge in [0.15, 0.2) is 0 Å². The van der Waals surface area contributed by atoms with E-state index in [1.54, 1.807) is 7.11 Å². The third kappa shape index (κ3) is 3.02. The molecule has 0 amide bonds. The van der Waals surface area contributed by atoms with E-state index in [2.05, 4.69) is 27.0 Å². The Hall–Kier alpha value is -1.81. The Kier molecular flexibility index (Phi) is 4.02. The highest BCUT2D eigenvalue weighted by Gasteiger charge is 2.24. The van der Waals surface area contributed by atoms with E-state index < -0.39 is 0 Å². The van der Waals surface area contributed by atoms with Gasteiger partial charge in [0.25, 0.3) is 0 Å². The van der Waals surface area contributed by atoms with E-state index in [1.807, 2.05) is 24.7 Å². The van der Waals surface area contributed by atoms with Crippen molar-refractivity contribution in [2.24, 2.45) is 0 Å². The van der Waals surface area contributed by atoms with Crippen LogP contribution < -0.4 is 10.1 Å². The summed E-state index contributed by atoms with van der Waals surface area (Å²) < 4.78 is 7.67. The predicted octanol–water partition coefficient (Wildman–Crippen LogP) is 2.56. The Morgan fingerprint density at radius 3 is 3.00 bits per heavy atom. The van der Waals surface area contributed by atoms with E-state index in [4.69, 9.17) is 4.74 Å². The van der Waals surface area contributed by atoms with Crippen LogP contribution in [0.5, 0.6) is 5.75 Å². The summed E-state index contributed by atoms with van der Waals surface area (Å²) in [5.74, 6) is 0.970. The van der Waals surface area contributed by atoms with Crippen molar-refractivity contribution in [1.29, 1.82) is 0 Å². The number of hydrogen-bond donors (Lipinski definition) is 1. The maximum absolute atomic E-state index is 5.37. The molecule has 1 aromatic carbocycles. The zero-order valence-electron chi connectivity index (χ0n) is 11.9. The third-order valence-electron chi connectivity index (χ3n) is 3.76. The third-order valence-corrected chi connectivity index (χ3v) is 3.76. The molecule has 0 spiro atoms. The molecule has 0 aliphatic heterocycles. The second-order valence-corrected chi connectivity index (χ2v) is 5.26. The number of imidazole rings is 1. The summed E-state index contributed by atoms with van der Waals surface area (Å²) in [6.45, 7) is 1.82. The average Bonchev–Trinajstić information content (AvgIpc) is 3.23. The van der Waals surface area contributed by atoms with Gasteiger partial charge >= 0.3 is 0 Å².